The van der Waals surface area contributed by atoms with Crippen molar-refractivity contribution in [3.63, 3.8) is 0 Å². The van der Waals surface area contributed by atoms with E-state index in [0.29, 0.717) is 69.9 Å². The Bertz CT molecular complexity index is 5140. The molecule has 41 nitrogen and oxygen atoms in total. The molecule has 6 aromatic rings. The molecule has 21 N–H and O–H groups in total. The molecule has 133 heavy (non-hydrogen) atoms. The van der Waals surface area contributed by atoms with Crippen LogP contribution in [0.3, 0.4) is 0 Å². The molecule has 0 bridgehead atoms. The van der Waals surface area contributed by atoms with Crippen molar-refractivity contribution in [3.8, 4) is 0 Å². The van der Waals surface area contributed by atoms with Crippen LogP contribution in [0.2, 0.25) is 0 Å². The third-order valence-electron chi connectivity index (χ3n) is 23.7. The van der Waals surface area contributed by atoms with Crippen LogP contribution in [0.15, 0.2) is 116 Å². The SMILES string of the molecule is C=C(C(N)=O)[C@H]1NC(=O)[C@H](C)C(C)C(=O)[C@H](Cc2ccccc2)NC(=O)CSC[C@@H](C(=O)NCC(N)=O)NC(=O)[C@H](CCCNC(N)=O)NC(=O)[C@H](CCCC)N(C)C(=O)[C@H](CCCC)N(C)C(=O)[C@H](Cc2c[nH]c3ccccc23)NC(=O)[C@H](CO)NC(=O)[C@H](Cc2c[nH]c3ccccc23)NC(=O)CN(C)C(=O)[C@H](CC(C)C)NC(=O)[C@H](Cc2cnc[nH]2)NC(=O)[C@@H]2CCCN2C1=O. The summed E-state index contributed by atoms with van der Waals surface area (Å²) in [6, 6.07) is 3.07. The summed E-state index contributed by atoms with van der Waals surface area (Å²) in [4.78, 5) is 279. The molecule has 3 aromatic heterocycles. The van der Waals surface area contributed by atoms with Gasteiger partial charge < -0.3 is 115 Å². The molecule has 5 heterocycles. The molecule has 2 aliphatic rings. The number of unbranched alkanes of at least 4 members (excludes halogenated alkanes) is 2. The highest BCUT2D eigenvalue weighted by molar-refractivity contribution is 8.00. The lowest BCUT2D eigenvalue weighted by atomic mass is 9.85. The number of thioether (sulfide) groups is 1. The number of fused-ring (bicyclic) bond motifs is 3. The molecule has 3 aromatic carbocycles. The van der Waals surface area contributed by atoms with Gasteiger partial charge in [0.25, 0.3) is 5.91 Å². The molecule has 14 atom stereocenters. The molecule has 0 spiro atoms. The zero-order valence-electron chi connectivity index (χ0n) is 76.4. The molecular weight excluding hydrogens is 1740 g/mol. The number of nitrogens with two attached hydrogens (primary N) is 3. The first-order chi connectivity index (χ1) is 63.3. The quantitative estimate of drug-likeness (QED) is 0.0234. The van der Waals surface area contributed by atoms with E-state index in [2.05, 4.69) is 85.0 Å². The smallest absolute Gasteiger partial charge is 0.312 e. The monoisotopic (exact) mass is 1860 g/mol. The van der Waals surface area contributed by atoms with E-state index in [0.717, 1.165) is 31.4 Å². The number of H-pyrrole nitrogens is 3. The number of aliphatic hydroxyl groups is 1. The van der Waals surface area contributed by atoms with Crippen molar-refractivity contribution in [1.82, 2.24) is 98.0 Å². The van der Waals surface area contributed by atoms with Gasteiger partial charge in [0.15, 0.2) is 5.78 Å². The fraction of sp³-hybridized carbons (Fsp3) is 0.505. The van der Waals surface area contributed by atoms with Crippen LogP contribution < -0.4 is 75.7 Å². The fourth-order valence-corrected chi connectivity index (χ4v) is 16.8. The number of hydrogen-bond donors (Lipinski definition) is 18. The van der Waals surface area contributed by atoms with E-state index in [1.165, 1.54) is 47.5 Å². The van der Waals surface area contributed by atoms with Gasteiger partial charge in [0.05, 0.1) is 37.8 Å². The maximum atomic E-state index is 15.7. The van der Waals surface area contributed by atoms with Crippen molar-refractivity contribution in [3.05, 3.63) is 138 Å². The van der Waals surface area contributed by atoms with Gasteiger partial charge in [-0.05, 0) is 86.1 Å². The standard InChI is InChI=1S/C91H126N22O19S/c1-11-13-31-70-85(126)103-62(30-22-34-96-91(94)132)81(122)108-69(80(121)99-44-73(92)115)47-133-48-75(117)101-63(37-54-24-16-15-17-25-54)77(118)51(5)52(6)79(120)109-76(53(7)78(93)119)90(131)113-35-23-33-71(113)86(127)104-65(40-57-43-95-49-100-57)83(124)105-66(36-50(3)4)87(128)110(8)45-74(116)102-64(38-55-41-97-60-28-20-18-26-58(55)60)82(123)107-68(46-114)84(125)106-67(39-56-42-98-61-29-21-19-27-59(56)61)88(129)112(10)72(32-14-12-2)89(130)111(70)9/h15-21,24-29,41-43,49-52,62-72,76,97-98,114H,7,11-14,22-23,30-40,44-48H2,1-6,8-10H3,(H2,92,115)(H2,93,119)(H,95,100)(H,99,121)(H,101,117)(H,102,116)(H,103,126)(H,104,127)(H,105,124)(H,106,125)(H,107,123)(H,108,122)(H,109,120)(H3,94,96,132)/t51?,52-,62+,63+,64+,65+,66+,67+,68+,69+,70+,71+,72+,76-/m1/s1. The molecule has 0 aliphatic carbocycles. The van der Waals surface area contributed by atoms with E-state index >= 15 is 28.8 Å². The first-order valence-electron chi connectivity index (χ1n) is 44.6. The molecular formula is C91H126N22O19S. The Balaban J connectivity index is 1.19. The van der Waals surface area contributed by atoms with Crippen LogP contribution in [0.4, 0.5) is 4.79 Å². The summed E-state index contributed by atoms with van der Waals surface area (Å²) in [5.74, 6) is -19.7. The number of aliphatic hydroxyl groups excluding tert-OH is 1. The molecule has 1 unspecified atom stereocenters. The van der Waals surface area contributed by atoms with Gasteiger partial charge in [0, 0.05) is 123 Å². The van der Waals surface area contributed by atoms with Gasteiger partial charge in [0.2, 0.25) is 88.6 Å². The van der Waals surface area contributed by atoms with Crippen molar-refractivity contribution >= 4 is 140 Å². The van der Waals surface area contributed by atoms with Crippen molar-refractivity contribution < 1.29 is 91.4 Å². The normalized spacial score (nSPS) is 23.9. The minimum Gasteiger partial charge on any atom is -0.394 e. The molecule has 0 radical (unpaired) electrons. The minimum atomic E-state index is -1.95. The van der Waals surface area contributed by atoms with E-state index in [4.69, 9.17) is 17.2 Å². The van der Waals surface area contributed by atoms with Gasteiger partial charge in [-0.15, -0.1) is 11.8 Å². The highest BCUT2D eigenvalue weighted by Crippen LogP contribution is 2.27. The van der Waals surface area contributed by atoms with Crippen LogP contribution in [-0.2, 0) is 107 Å². The van der Waals surface area contributed by atoms with Gasteiger partial charge in [-0.3, -0.25) is 81.5 Å². The molecule has 720 valence electrons. The lowest BCUT2D eigenvalue weighted by molar-refractivity contribution is -0.149. The first kappa shape index (κ1) is 105. The predicted molar refractivity (Wildman–Crippen MR) is 493 cm³/mol. The average Bonchev–Trinajstić information content (AvgIpc) is 1.76. The van der Waals surface area contributed by atoms with Crippen LogP contribution in [0, 0.1) is 17.8 Å². The van der Waals surface area contributed by atoms with E-state index in [-0.39, 0.29) is 89.6 Å². The number of rotatable bonds is 26. The van der Waals surface area contributed by atoms with Crippen molar-refractivity contribution in [2.75, 3.05) is 65.4 Å². The number of carbonyl (C=O) groups excluding carboxylic acids is 18. The number of Topliss-reactive ketones (excluding diaryl/α,β-unsaturated/α-hetero) is 1. The Kier molecular flexibility index (Phi) is 40.0. The van der Waals surface area contributed by atoms with E-state index in [1.54, 1.807) is 105 Å². The van der Waals surface area contributed by atoms with Crippen LogP contribution in [0.25, 0.3) is 21.8 Å². The summed E-state index contributed by atoms with van der Waals surface area (Å²) in [5.41, 5.74) is 19.2. The van der Waals surface area contributed by atoms with Crippen molar-refractivity contribution in [2.24, 2.45) is 35.0 Å². The van der Waals surface area contributed by atoms with Crippen LogP contribution in [-0.4, -0.2) is 289 Å². The number of primary amides is 3. The predicted octanol–water partition coefficient (Wildman–Crippen LogP) is -0.792. The molecule has 2 aliphatic heterocycles. The fourth-order valence-electron chi connectivity index (χ4n) is 16.0. The number of nitrogens with zero attached hydrogens (tertiary/aromatic N) is 5. The number of benzene rings is 3. The van der Waals surface area contributed by atoms with Gasteiger partial charge in [-0.1, -0.05) is 141 Å². The van der Waals surface area contributed by atoms with E-state index in [1.807, 2.05) is 13.8 Å². The summed E-state index contributed by atoms with van der Waals surface area (Å²) in [6.45, 7) is 10.9. The third-order valence-corrected chi connectivity index (χ3v) is 24.7. The highest BCUT2D eigenvalue weighted by atomic mass is 32.2. The van der Waals surface area contributed by atoms with Gasteiger partial charge in [-0.2, -0.15) is 0 Å². The minimum absolute atomic E-state index is 0.00426. The van der Waals surface area contributed by atoms with Crippen molar-refractivity contribution in [1.29, 1.82) is 0 Å². The molecule has 2 saturated heterocycles. The molecule has 0 saturated carbocycles. The maximum absolute atomic E-state index is 15.7. The number of likely N-dealkylation sites (N-methyl/N-ethyl adjacent to an activating group) is 3. The lowest BCUT2D eigenvalue weighted by Crippen LogP contribution is -2.61. The highest BCUT2D eigenvalue weighted by Gasteiger charge is 2.45. The zero-order valence-corrected chi connectivity index (χ0v) is 77.2. The van der Waals surface area contributed by atoms with Gasteiger partial charge >= 0.3 is 6.03 Å². The number of amides is 18. The summed E-state index contributed by atoms with van der Waals surface area (Å²) < 4.78 is 0. The topological polar surface area (TPSA) is 611 Å². The average molecular weight is 1860 g/mol. The third kappa shape index (κ3) is 30.0. The first-order valence-corrected chi connectivity index (χ1v) is 45.7. The molecule has 42 heteroatoms. The number of aromatic amines is 3. The number of nitrogens with one attached hydrogen (secondary N) is 14. The summed E-state index contributed by atoms with van der Waals surface area (Å²) in [7, 11) is 3.97. The van der Waals surface area contributed by atoms with Crippen LogP contribution >= 0.6 is 11.8 Å². The number of carbonyl (C=O) groups is 18. The summed E-state index contributed by atoms with van der Waals surface area (Å²) in [6.07, 6.45) is 6.49. The molecule has 2 fully saturated rings. The Morgan fingerprint density at radius 3 is 1.71 bits per heavy atom. The van der Waals surface area contributed by atoms with Gasteiger partial charge in [0.1, 0.15) is 66.5 Å². The zero-order chi connectivity index (χ0) is 97.4. The molecule has 18 amide bonds. The largest absolute Gasteiger partial charge is 0.394 e. The Labute approximate surface area is 774 Å². The summed E-state index contributed by atoms with van der Waals surface area (Å²) in [5, 5.41) is 41.3. The second-order valence-corrected chi connectivity index (χ2v) is 35.1. The van der Waals surface area contributed by atoms with Crippen LogP contribution in [0.5, 0.6) is 0 Å². The Morgan fingerprint density at radius 2 is 1.11 bits per heavy atom. The Hall–Kier alpha value is -13.5. The Morgan fingerprint density at radius 1 is 0.556 bits per heavy atom. The second kappa shape index (κ2) is 50.7. The number of aromatic nitrogens is 4. The van der Waals surface area contributed by atoms with E-state index in [9.17, 15) is 62.6 Å². The van der Waals surface area contributed by atoms with E-state index < -0.39 is 227 Å². The number of para-hydroxylation sites is 2. The second-order valence-electron chi connectivity index (χ2n) is 34.1. The molecule has 8 rings (SSSR count). The maximum Gasteiger partial charge on any atom is 0.312 e. The summed E-state index contributed by atoms with van der Waals surface area (Å²) >= 11 is 0.787. The lowest BCUT2D eigenvalue weighted by Gasteiger charge is -2.36. The number of imidazole rings is 1. The number of urea groups is 1. The van der Waals surface area contributed by atoms with Crippen molar-refractivity contribution in [2.45, 2.75) is 210 Å². The van der Waals surface area contributed by atoms with Gasteiger partial charge in [-0.25, -0.2) is 9.78 Å². The van der Waals surface area contributed by atoms with Crippen LogP contribution in [0.1, 0.15) is 135 Å². The number of hydrogen-bond acceptors (Lipinski definition) is 21. The number of ketones is 1.